The van der Waals surface area contributed by atoms with E-state index in [0.29, 0.717) is 48.6 Å². The summed E-state index contributed by atoms with van der Waals surface area (Å²) in [6.07, 6.45) is 7.17. The van der Waals surface area contributed by atoms with Crippen molar-refractivity contribution in [2.24, 2.45) is 11.7 Å². The minimum absolute atomic E-state index is 0.268. The minimum atomic E-state index is 0.268. The van der Waals surface area contributed by atoms with Crippen LogP contribution in [0.5, 0.6) is 0 Å². The Morgan fingerprint density at radius 3 is 2.86 bits per heavy atom. The summed E-state index contributed by atoms with van der Waals surface area (Å²) in [5, 5.41) is 28.5. The molecule has 2 heterocycles. The molecular weight excluding hydrogens is 366 g/mol. The van der Waals surface area contributed by atoms with E-state index in [-0.39, 0.29) is 11.4 Å². The SMILES string of the molecule is CCc1c(C)nn2c(N)c(C#N)c(NCCC(=N)/C=C\NC3CCC3CN)nc12. The van der Waals surface area contributed by atoms with Gasteiger partial charge >= 0.3 is 0 Å². The van der Waals surface area contributed by atoms with Gasteiger partial charge in [0, 0.05) is 30.3 Å². The van der Waals surface area contributed by atoms with Crippen molar-refractivity contribution in [3.8, 4) is 6.07 Å². The molecule has 0 aromatic carbocycles. The zero-order valence-corrected chi connectivity index (χ0v) is 17.0. The van der Waals surface area contributed by atoms with Crippen LogP contribution in [0.1, 0.15) is 43.0 Å². The number of hydrogen-bond acceptors (Lipinski definition) is 8. The maximum absolute atomic E-state index is 9.52. The van der Waals surface area contributed by atoms with Crippen LogP contribution < -0.4 is 22.1 Å². The lowest BCUT2D eigenvalue weighted by Crippen LogP contribution is -2.45. The van der Waals surface area contributed by atoms with Gasteiger partial charge in [0.05, 0.1) is 5.69 Å². The molecule has 0 spiro atoms. The summed E-state index contributed by atoms with van der Waals surface area (Å²) in [5.41, 5.74) is 15.2. The van der Waals surface area contributed by atoms with E-state index < -0.39 is 0 Å². The predicted octanol–water partition coefficient (Wildman–Crippen LogP) is 1.72. The normalized spacial score (nSPS) is 18.6. The van der Waals surface area contributed by atoms with E-state index in [2.05, 4.69) is 26.8 Å². The highest BCUT2D eigenvalue weighted by Crippen LogP contribution is 2.26. The zero-order chi connectivity index (χ0) is 21.0. The minimum Gasteiger partial charge on any atom is -0.388 e. The van der Waals surface area contributed by atoms with Gasteiger partial charge in [0.1, 0.15) is 23.3 Å². The van der Waals surface area contributed by atoms with Gasteiger partial charge in [-0.15, -0.1) is 0 Å². The van der Waals surface area contributed by atoms with Gasteiger partial charge in [-0.3, -0.25) is 0 Å². The molecule has 1 aliphatic carbocycles. The zero-order valence-electron chi connectivity index (χ0n) is 17.0. The smallest absolute Gasteiger partial charge is 0.163 e. The summed E-state index contributed by atoms with van der Waals surface area (Å²) in [4.78, 5) is 4.59. The van der Waals surface area contributed by atoms with Crippen LogP contribution in [0.4, 0.5) is 11.6 Å². The van der Waals surface area contributed by atoms with Crippen molar-refractivity contribution in [2.75, 3.05) is 24.1 Å². The van der Waals surface area contributed by atoms with Gasteiger partial charge in [0.25, 0.3) is 0 Å². The maximum atomic E-state index is 9.52. The predicted molar refractivity (Wildman–Crippen MR) is 115 cm³/mol. The molecule has 9 heteroatoms. The Kier molecular flexibility index (Phi) is 6.34. The van der Waals surface area contributed by atoms with Gasteiger partial charge in [-0.05, 0) is 50.9 Å². The molecule has 1 aliphatic rings. The molecule has 154 valence electrons. The molecule has 0 bridgehead atoms. The highest BCUT2D eigenvalue weighted by Gasteiger charge is 2.28. The van der Waals surface area contributed by atoms with Gasteiger partial charge < -0.3 is 27.5 Å². The van der Waals surface area contributed by atoms with E-state index in [1.165, 1.54) is 10.9 Å². The summed E-state index contributed by atoms with van der Waals surface area (Å²) in [7, 11) is 0. The molecule has 0 radical (unpaired) electrons. The molecule has 7 N–H and O–H groups in total. The largest absolute Gasteiger partial charge is 0.388 e. The number of fused-ring (bicyclic) bond motifs is 1. The second-order valence-corrected chi connectivity index (χ2v) is 7.37. The Hall–Kier alpha value is -3.12. The van der Waals surface area contributed by atoms with E-state index in [1.807, 2.05) is 20.0 Å². The second kappa shape index (κ2) is 8.92. The third kappa shape index (κ3) is 4.17. The molecular formula is C20H29N9. The van der Waals surface area contributed by atoms with Gasteiger partial charge in [0.15, 0.2) is 5.65 Å². The Bertz CT molecular complexity index is 965. The Balaban J connectivity index is 1.62. The van der Waals surface area contributed by atoms with E-state index >= 15 is 0 Å². The quantitative estimate of drug-likeness (QED) is 0.405. The summed E-state index contributed by atoms with van der Waals surface area (Å²) in [5.74, 6) is 1.24. The van der Waals surface area contributed by atoms with Crippen LogP contribution in [-0.2, 0) is 6.42 Å². The number of aryl methyl sites for hydroxylation is 2. The van der Waals surface area contributed by atoms with Crippen molar-refractivity contribution in [2.45, 2.75) is 45.6 Å². The lowest BCUT2D eigenvalue weighted by molar-refractivity contribution is 0.236. The van der Waals surface area contributed by atoms with E-state index in [1.54, 1.807) is 6.08 Å². The fraction of sp³-hybridized carbons (Fsp3) is 0.500. The van der Waals surface area contributed by atoms with Gasteiger partial charge in [-0.1, -0.05) is 6.92 Å². The molecule has 2 aromatic heterocycles. The van der Waals surface area contributed by atoms with Gasteiger partial charge in [-0.2, -0.15) is 14.9 Å². The number of nitrogen functional groups attached to an aromatic ring is 1. The van der Waals surface area contributed by atoms with Crippen LogP contribution >= 0.6 is 0 Å². The Morgan fingerprint density at radius 1 is 1.45 bits per heavy atom. The number of rotatable bonds is 9. The molecule has 0 aliphatic heterocycles. The van der Waals surface area contributed by atoms with Gasteiger partial charge in [0.2, 0.25) is 0 Å². The van der Waals surface area contributed by atoms with Crippen LogP contribution in [-0.4, -0.2) is 39.4 Å². The van der Waals surface area contributed by atoms with Crippen molar-refractivity contribution in [3.05, 3.63) is 29.1 Å². The molecule has 0 amide bonds. The number of nitrogens with one attached hydrogen (secondary N) is 3. The Labute approximate surface area is 170 Å². The van der Waals surface area contributed by atoms with Crippen LogP contribution in [0.15, 0.2) is 12.3 Å². The maximum Gasteiger partial charge on any atom is 0.163 e. The topological polar surface area (TPSA) is 154 Å². The monoisotopic (exact) mass is 395 g/mol. The lowest BCUT2D eigenvalue weighted by atomic mass is 9.80. The molecule has 0 saturated heterocycles. The highest BCUT2D eigenvalue weighted by molar-refractivity contribution is 5.92. The van der Waals surface area contributed by atoms with Crippen molar-refractivity contribution in [1.29, 1.82) is 10.7 Å². The second-order valence-electron chi connectivity index (χ2n) is 7.37. The standard InChI is InChI=1S/C20H29N9/c1-3-15-12(2)28-29-18(24)16(11-22)19(27-20(15)29)26-9-7-14(23)6-8-25-17-5-4-13(17)10-21/h6,8,13,17,23,25H,3-5,7,9-10,21,24H2,1-2H3,(H,26,27)/b8-6-,23-14?. The number of nitriles is 1. The number of anilines is 2. The van der Waals surface area contributed by atoms with Crippen molar-refractivity contribution in [3.63, 3.8) is 0 Å². The summed E-state index contributed by atoms with van der Waals surface area (Å²) >= 11 is 0. The first-order chi connectivity index (χ1) is 14.0. The first kappa shape index (κ1) is 20.6. The van der Waals surface area contributed by atoms with Crippen LogP contribution in [0, 0.1) is 29.6 Å². The fourth-order valence-corrected chi connectivity index (χ4v) is 3.61. The van der Waals surface area contributed by atoms with E-state index in [4.69, 9.17) is 16.9 Å². The third-order valence-electron chi connectivity index (χ3n) is 5.56. The van der Waals surface area contributed by atoms with E-state index in [9.17, 15) is 5.26 Å². The molecule has 29 heavy (non-hydrogen) atoms. The number of nitrogens with zero attached hydrogens (tertiary/aromatic N) is 4. The lowest BCUT2D eigenvalue weighted by Gasteiger charge is -2.35. The molecule has 9 nitrogen and oxygen atoms in total. The number of allylic oxidation sites excluding steroid dienone is 1. The van der Waals surface area contributed by atoms with Gasteiger partial charge in [-0.25, -0.2) is 4.98 Å². The molecule has 1 saturated carbocycles. The molecule has 2 aromatic rings. The summed E-state index contributed by atoms with van der Waals surface area (Å²) in [6.45, 7) is 5.12. The first-order valence-corrected chi connectivity index (χ1v) is 10.0. The van der Waals surface area contributed by atoms with Crippen molar-refractivity contribution in [1.82, 2.24) is 19.9 Å². The Morgan fingerprint density at radius 2 is 2.24 bits per heavy atom. The highest BCUT2D eigenvalue weighted by atomic mass is 15.3. The van der Waals surface area contributed by atoms with E-state index in [0.717, 1.165) is 24.1 Å². The molecule has 1 fully saturated rings. The fourth-order valence-electron chi connectivity index (χ4n) is 3.61. The third-order valence-corrected chi connectivity index (χ3v) is 5.56. The average Bonchev–Trinajstić information content (AvgIpc) is 3.00. The number of nitrogens with two attached hydrogens (primary N) is 2. The van der Waals surface area contributed by atoms with Crippen molar-refractivity contribution < 1.29 is 0 Å². The van der Waals surface area contributed by atoms with Crippen LogP contribution in [0.2, 0.25) is 0 Å². The van der Waals surface area contributed by atoms with Crippen LogP contribution in [0.3, 0.4) is 0 Å². The molecule has 2 unspecified atom stereocenters. The summed E-state index contributed by atoms with van der Waals surface area (Å²) in [6, 6.07) is 2.53. The number of hydrogen-bond donors (Lipinski definition) is 5. The molecule has 3 rings (SSSR count). The molecule has 2 atom stereocenters. The first-order valence-electron chi connectivity index (χ1n) is 10.0. The average molecular weight is 396 g/mol. The summed E-state index contributed by atoms with van der Waals surface area (Å²) < 4.78 is 1.53. The number of aromatic nitrogens is 3. The van der Waals surface area contributed by atoms with Crippen molar-refractivity contribution >= 4 is 23.0 Å². The van der Waals surface area contributed by atoms with Crippen LogP contribution in [0.25, 0.3) is 5.65 Å².